The van der Waals surface area contributed by atoms with Gasteiger partial charge in [0.25, 0.3) is 0 Å². The van der Waals surface area contributed by atoms with Crippen molar-refractivity contribution in [3.8, 4) is 0 Å². The number of aliphatic hydroxyl groups is 1. The predicted octanol–water partition coefficient (Wildman–Crippen LogP) is 1.70. The highest BCUT2D eigenvalue weighted by molar-refractivity contribution is 7.10. The van der Waals surface area contributed by atoms with Crippen LogP contribution in [0.2, 0.25) is 0 Å². The van der Waals surface area contributed by atoms with Gasteiger partial charge >= 0.3 is 0 Å². The van der Waals surface area contributed by atoms with Crippen LogP contribution in [0.4, 0.5) is 0 Å². The lowest BCUT2D eigenvalue weighted by Crippen LogP contribution is -2.31. The average Bonchev–Trinajstić information content (AvgIpc) is 2.53. The van der Waals surface area contributed by atoms with Crippen LogP contribution in [0.1, 0.15) is 31.2 Å². The molecule has 0 aliphatic carbocycles. The van der Waals surface area contributed by atoms with E-state index in [9.17, 15) is 9.90 Å². The molecule has 0 aliphatic heterocycles. The molecule has 4 heteroatoms. The first-order valence-corrected chi connectivity index (χ1v) is 5.46. The maximum atomic E-state index is 10.7. The molecular formula is C10H15NO2S. The van der Waals surface area contributed by atoms with Crippen LogP contribution >= 0.6 is 11.3 Å². The number of hydrogen-bond acceptors (Lipinski definition) is 3. The Kier molecular flexibility index (Phi) is 4.10. The molecular weight excluding hydrogens is 198 g/mol. The maximum absolute atomic E-state index is 10.7. The minimum atomic E-state index is -0.475. The lowest BCUT2D eigenvalue weighted by atomic mass is 10.1. The van der Waals surface area contributed by atoms with Crippen molar-refractivity contribution in [2.24, 2.45) is 0 Å². The van der Waals surface area contributed by atoms with Crippen molar-refractivity contribution >= 4 is 17.2 Å². The van der Waals surface area contributed by atoms with E-state index in [4.69, 9.17) is 0 Å². The molecule has 0 fully saturated rings. The highest BCUT2D eigenvalue weighted by atomic mass is 32.1. The fourth-order valence-corrected chi connectivity index (χ4v) is 2.06. The van der Waals surface area contributed by atoms with Gasteiger partial charge in [0, 0.05) is 17.8 Å². The number of amides is 1. The molecule has 0 bridgehead atoms. The van der Waals surface area contributed by atoms with Gasteiger partial charge in [-0.2, -0.15) is 0 Å². The van der Waals surface area contributed by atoms with Crippen LogP contribution in [0.5, 0.6) is 0 Å². The number of aliphatic hydroxyl groups excluding tert-OH is 1. The van der Waals surface area contributed by atoms with Gasteiger partial charge < -0.3 is 10.4 Å². The summed E-state index contributed by atoms with van der Waals surface area (Å²) < 4.78 is 0. The Morgan fingerprint density at radius 2 is 2.43 bits per heavy atom. The van der Waals surface area contributed by atoms with Gasteiger partial charge in [-0.05, 0) is 24.8 Å². The molecule has 1 heterocycles. The molecule has 0 spiro atoms. The number of carbonyl (C=O) groups excluding carboxylic acids is 1. The van der Waals surface area contributed by atoms with Gasteiger partial charge in [-0.1, -0.05) is 6.07 Å². The largest absolute Gasteiger partial charge is 0.387 e. The van der Waals surface area contributed by atoms with Gasteiger partial charge in [-0.3, -0.25) is 4.79 Å². The molecule has 2 atom stereocenters. The molecule has 14 heavy (non-hydrogen) atoms. The van der Waals surface area contributed by atoms with Crippen molar-refractivity contribution in [2.75, 3.05) is 0 Å². The zero-order valence-electron chi connectivity index (χ0n) is 8.36. The lowest BCUT2D eigenvalue weighted by Gasteiger charge is -2.15. The Morgan fingerprint density at radius 3 is 2.93 bits per heavy atom. The Hall–Kier alpha value is -0.870. The zero-order chi connectivity index (χ0) is 10.6. The summed E-state index contributed by atoms with van der Waals surface area (Å²) >= 11 is 1.53. The summed E-state index contributed by atoms with van der Waals surface area (Å²) in [6, 6.07) is 3.81. The monoisotopic (exact) mass is 213 g/mol. The van der Waals surface area contributed by atoms with E-state index in [1.807, 2.05) is 24.4 Å². The van der Waals surface area contributed by atoms with Crippen molar-refractivity contribution in [1.82, 2.24) is 5.32 Å². The first kappa shape index (κ1) is 11.2. The van der Waals surface area contributed by atoms with Crippen molar-refractivity contribution in [3.05, 3.63) is 22.4 Å². The van der Waals surface area contributed by atoms with E-state index in [0.29, 0.717) is 6.42 Å². The topological polar surface area (TPSA) is 49.3 Å². The van der Waals surface area contributed by atoms with Gasteiger partial charge in [0.2, 0.25) is 5.91 Å². The molecule has 1 aromatic heterocycles. The van der Waals surface area contributed by atoms with Crippen LogP contribution in [0, 0.1) is 0 Å². The summed E-state index contributed by atoms with van der Waals surface area (Å²) in [7, 11) is 0. The first-order chi connectivity index (χ1) is 6.59. The quantitative estimate of drug-likeness (QED) is 0.799. The predicted molar refractivity (Wildman–Crippen MR) is 57.2 cm³/mol. The number of carbonyl (C=O) groups is 1. The Morgan fingerprint density at radius 1 is 1.71 bits per heavy atom. The summed E-state index contributed by atoms with van der Waals surface area (Å²) in [5.41, 5.74) is 0. The highest BCUT2D eigenvalue weighted by Gasteiger charge is 2.13. The molecule has 3 nitrogen and oxygen atoms in total. The van der Waals surface area contributed by atoms with Crippen molar-refractivity contribution in [1.29, 1.82) is 0 Å². The van der Waals surface area contributed by atoms with Crippen LogP contribution < -0.4 is 5.32 Å². The van der Waals surface area contributed by atoms with Gasteiger partial charge in [-0.15, -0.1) is 11.3 Å². The molecule has 0 saturated heterocycles. The summed E-state index contributed by atoms with van der Waals surface area (Å²) in [5.74, 6) is -0.0594. The fraction of sp³-hybridized carbons (Fsp3) is 0.500. The van der Waals surface area contributed by atoms with Crippen molar-refractivity contribution in [3.63, 3.8) is 0 Å². The third-order valence-electron chi connectivity index (χ3n) is 1.90. The van der Waals surface area contributed by atoms with E-state index in [0.717, 1.165) is 4.88 Å². The maximum Gasteiger partial charge on any atom is 0.217 e. The second-order valence-corrected chi connectivity index (χ2v) is 4.35. The normalized spacial score (nSPS) is 14.8. The number of nitrogens with one attached hydrogen (secondary N) is 1. The third kappa shape index (κ3) is 3.47. The van der Waals surface area contributed by atoms with Crippen LogP contribution in [-0.2, 0) is 4.79 Å². The molecule has 0 unspecified atom stereocenters. The Bertz CT molecular complexity index is 284. The van der Waals surface area contributed by atoms with Crippen LogP contribution in [0.15, 0.2) is 17.5 Å². The van der Waals surface area contributed by atoms with Crippen molar-refractivity contribution in [2.45, 2.75) is 32.4 Å². The zero-order valence-corrected chi connectivity index (χ0v) is 9.17. The Labute approximate surface area is 87.8 Å². The van der Waals surface area contributed by atoms with Crippen LogP contribution in [0.25, 0.3) is 0 Å². The number of rotatable bonds is 4. The fourth-order valence-electron chi connectivity index (χ4n) is 1.34. The Balaban J connectivity index is 2.41. The van der Waals surface area contributed by atoms with E-state index >= 15 is 0 Å². The van der Waals surface area contributed by atoms with E-state index in [2.05, 4.69) is 5.32 Å². The third-order valence-corrected chi connectivity index (χ3v) is 2.87. The minimum Gasteiger partial charge on any atom is -0.387 e. The standard InChI is InChI=1S/C10H15NO2S/c1-7(11-8(2)12)6-9(13)10-4-3-5-14-10/h3-5,7,9,13H,6H2,1-2H3,(H,11,12)/t7-,9+/m0/s1. The second kappa shape index (κ2) is 5.12. The summed E-state index contributed by atoms with van der Waals surface area (Å²) in [6.07, 6.45) is 0.0805. The molecule has 1 aromatic rings. The molecule has 0 aromatic carbocycles. The van der Waals surface area contributed by atoms with Gasteiger partial charge in [0.05, 0.1) is 6.10 Å². The summed E-state index contributed by atoms with van der Waals surface area (Å²) in [5, 5.41) is 14.4. The molecule has 0 radical (unpaired) electrons. The lowest BCUT2D eigenvalue weighted by molar-refractivity contribution is -0.119. The number of thiophene rings is 1. The van der Waals surface area contributed by atoms with Crippen LogP contribution in [0.3, 0.4) is 0 Å². The number of hydrogen-bond donors (Lipinski definition) is 2. The minimum absolute atomic E-state index is 0.00426. The van der Waals surface area contributed by atoms with Gasteiger partial charge in [0.15, 0.2) is 0 Å². The molecule has 1 rings (SSSR count). The summed E-state index contributed by atoms with van der Waals surface area (Å²) in [4.78, 5) is 11.7. The second-order valence-electron chi connectivity index (χ2n) is 3.37. The molecule has 78 valence electrons. The highest BCUT2D eigenvalue weighted by Crippen LogP contribution is 2.22. The van der Waals surface area contributed by atoms with E-state index in [1.54, 1.807) is 0 Å². The summed E-state index contributed by atoms with van der Waals surface area (Å²) in [6.45, 7) is 3.37. The van der Waals surface area contributed by atoms with E-state index in [-0.39, 0.29) is 11.9 Å². The molecule has 0 saturated carbocycles. The van der Waals surface area contributed by atoms with Gasteiger partial charge in [-0.25, -0.2) is 0 Å². The first-order valence-electron chi connectivity index (χ1n) is 4.58. The smallest absolute Gasteiger partial charge is 0.217 e. The van der Waals surface area contributed by atoms with Crippen LogP contribution in [-0.4, -0.2) is 17.1 Å². The molecule has 0 aliphatic rings. The molecule has 2 N–H and O–H groups in total. The van der Waals surface area contributed by atoms with Crippen molar-refractivity contribution < 1.29 is 9.90 Å². The average molecular weight is 213 g/mol. The SMILES string of the molecule is CC(=O)N[C@@H](C)C[C@@H](O)c1cccs1. The van der Waals surface area contributed by atoms with E-state index in [1.165, 1.54) is 18.3 Å². The molecule has 1 amide bonds. The van der Waals surface area contributed by atoms with E-state index < -0.39 is 6.10 Å². The van der Waals surface area contributed by atoms with Gasteiger partial charge in [0.1, 0.15) is 0 Å².